The number of benzene rings is 1. The van der Waals surface area contributed by atoms with Crippen LogP contribution < -0.4 is 0 Å². The molecule has 1 aromatic carbocycles. The second-order valence-corrected chi connectivity index (χ2v) is 3.33. The minimum absolute atomic E-state index is 0.241. The van der Waals surface area contributed by atoms with E-state index in [9.17, 15) is 4.79 Å². The molecule has 0 fully saturated rings. The van der Waals surface area contributed by atoms with Crippen LogP contribution in [0.2, 0.25) is 0 Å². The summed E-state index contributed by atoms with van der Waals surface area (Å²) >= 11 is 0. The molecule has 0 aromatic heterocycles. The standard InChI is InChI=1S/C11H12O2/c1-13-11(12)10-6-5-8-3-2-4-9(8)7-10/h5-7H,2-4H2,1H3. The van der Waals surface area contributed by atoms with E-state index < -0.39 is 0 Å². The third-order valence-corrected chi connectivity index (χ3v) is 2.52. The van der Waals surface area contributed by atoms with E-state index in [2.05, 4.69) is 4.74 Å². The van der Waals surface area contributed by atoms with Crippen molar-refractivity contribution in [2.24, 2.45) is 0 Å². The second kappa shape index (κ2) is 3.21. The first kappa shape index (κ1) is 8.30. The molecule has 2 heteroatoms. The quantitative estimate of drug-likeness (QED) is 0.611. The molecule has 1 aliphatic carbocycles. The van der Waals surface area contributed by atoms with Gasteiger partial charge in [0.1, 0.15) is 0 Å². The van der Waals surface area contributed by atoms with Crippen LogP contribution in [0, 0.1) is 0 Å². The monoisotopic (exact) mass is 176 g/mol. The molecule has 0 unspecified atom stereocenters. The van der Waals surface area contributed by atoms with Gasteiger partial charge in [-0.3, -0.25) is 0 Å². The first-order valence-electron chi connectivity index (χ1n) is 4.51. The van der Waals surface area contributed by atoms with Gasteiger partial charge in [-0.15, -0.1) is 0 Å². The Morgan fingerprint density at radius 2 is 2.08 bits per heavy atom. The van der Waals surface area contributed by atoms with E-state index in [4.69, 9.17) is 0 Å². The van der Waals surface area contributed by atoms with Crippen LogP contribution in [-0.2, 0) is 17.6 Å². The highest BCUT2D eigenvalue weighted by Crippen LogP contribution is 2.22. The van der Waals surface area contributed by atoms with Gasteiger partial charge in [0, 0.05) is 0 Å². The van der Waals surface area contributed by atoms with Crippen LogP contribution in [0.5, 0.6) is 0 Å². The third kappa shape index (κ3) is 1.44. The lowest BCUT2D eigenvalue weighted by Crippen LogP contribution is -2.01. The Hall–Kier alpha value is -1.31. The molecule has 0 amide bonds. The summed E-state index contributed by atoms with van der Waals surface area (Å²) in [6.07, 6.45) is 3.46. The molecular weight excluding hydrogens is 164 g/mol. The summed E-state index contributed by atoms with van der Waals surface area (Å²) in [6.45, 7) is 0. The largest absolute Gasteiger partial charge is 0.465 e. The summed E-state index contributed by atoms with van der Waals surface area (Å²) in [6, 6.07) is 5.83. The highest BCUT2D eigenvalue weighted by Gasteiger charge is 2.13. The van der Waals surface area contributed by atoms with Crippen LogP contribution in [0.3, 0.4) is 0 Å². The Bertz CT molecular complexity index is 342. The van der Waals surface area contributed by atoms with Gasteiger partial charge in [0.2, 0.25) is 0 Å². The molecule has 1 aromatic rings. The number of fused-ring (bicyclic) bond motifs is 1. The molecule has 2 rings (SSSR count). The highest BCUT2D eigenvalue weighted by molar-refractivity contribution is 5.89. The fraction of sp³-hybridized carbons (Fsp3) is 0.364. The first-order valence-corrected chi connectivity index (χ1v) is 4.51. The van der Waals surface area contributed by atoms with Gasteiger partial charge in [0.25, 0.3) is 0 Å². The maximum atomic E-state index is 11.2. The average molecular weight is 176 g/mol. The molecule has 0 aliphatic heterocycles. The second-order valence-electron chi connectivity index (χ2n) is 3.33. The molecule has 13 heavy (non-hydrogen) atoms. The summed E-state index contributed by atoms with van der Waals surface area (Å²) in [7, 11) is 1.41. The van der Waals surface area contributed by atoms with Crippen LogP contribution in [0.4, 0.5) is 0 Å². The zero-order valence-corrected chi connectivity index (χ0v) is 7.67. The molecule has 2 nitrogen and oxygen atoms in total. The lowest BCUT2D eigenvalue weighted by atomic mass is 10.1. The van der Waals surface area contributed by atoms with Gasteiger partial charge >= 0.3 is 5.97 Å². The van der Waals surface area contributed by atoms with Crippen LogP contribution in [0.1, 0.15) is 27.9 Å². The zero-order chi connectivity index (χ0) is 9.26. The summed E-state index contributed by atoms with van der Waals surface area (Å²) in [5, 5.41) is 0. The summed E-state index contributed by atoms with van der Waals surface area (Å²) < 4.78 is 4.66. The Morgan fingerprint density at radius 1 is 1.31 bits per heavy atom. The Kier molecular flexibility index (Phi) is 2.05. The number of esters is 1. The predicted molar refractivity (Wildman–Crippen MR) is 49.8 cm³/mol. The molecule has 0 bridgehead atoms. The molecule has 0 heterocycles. The van der Waals surface area contributed by atoms with Crippen molar-refractivity contribution in [1.29, 1.82) is 0 Å². The van der Waals surface area contributed by atoms with Crippen LogP contribution in [0.25, 0.3) is 0 Å². The minimum atomic E-state index is -0.241. The van der Waals surface area contributed by atoms with E-state index >= 15 is 0 Å². The van der Waals surface area contributed by atoms with Gasteiger partial charge in [-0.25, -0.2) is 4.79 Å². The van der Waals surface area contributed by atoms with Gasteiger partial charge in [0.15, 0.2) is 0 Å². The summed E-state index contributed by atoms with van der Waals surface area (Å²) in [5.41, 5.74) is 3.36. The van der Waals surface area contributed by atoms with Gasteiger partial charge in [-0.2, -0.15) is 0 Å². The molecule has 0 spiro atoms. The molecule has 0 saturated heterocycles. The Labute approximate surface area is 77.5 Å². The van der Waals surface area contributed by atoms with Gasteiger partial charge in [-0.1, -0.05) is 6.07 Å². The molecule has 0 atom stereocenters. The maximum absolute atomic E-state index is 11.2. The third-order valence-electron chi connectivity index (χ3n) is 2.52. The zero-order valence-electron chi connectivity index (χ0n) is 7.67. The topological polar surface area (TPSA) is 26.3 Å². The fourth-order valence-corrected chi connectivity index (χ4v) is 1.82. The lowest BCUT2D eigenvalue weighted by Gasteiger charge is -2.02. The number of aryl methyl sites for hydroxylation is 2. The predicted octanol–water partition coefficient (Wildman–Crippen LogP) is 1.96. The van der Waals surface area contributed by atoms with E-state index in [0.29, 0.717) is 5.56 Å². The maximum Gasteiger partial charge on any atom is 0.337 e. The summed E-state index contributed by atoms with van der Waals surface area (Å²) in [5.74, 6) is -0.241. The average Bonchev–Trinajstić information content (AvgIpc) is 2.63. The number of hydrogen-bond donors (Lipinski definition) is 0. The van der Waals surface area contributed by atoms with Gasteiger partial charge in [-0.05, 0) is 42.5 Å². The molecular formula is C11H12O2. The molecule has 0 N–H and O–H groups in total. The van der Waals surface area contributed by atoms with E-state index in [0.717, 1.165) is 12.8 Å². The molecule has 1 aliphatic rings. The van der Waals surface area contributed by atoms with Crippen molar-refractivity contribution in [2.75, 3.05) is 7.11 Å². The Balaban J connectivity index is 2.36. The van der Waals surface area contributed by atoms with Crippen LogP contribution in [-0.4, -0.2) is 13.1 Å². The SMILES string of the molecule is COC(=O)c1ccc2c(c1)CCC2. The van der Waals surface area contributed by atoms with Crippen molar-refractivity contribution >= 4 is 5.97 Å². The van der Waals surface area contributed by atoms with E-state index in [1.807, 2.05) is 18.2 Å². The number of hydrogen-bond acceptors (Lipinski definition) is 2. The van der Waals surface area contributed by atoms with E-state index in [1.54, 1.807) is 0 Å². The van der Waals surface area contributed by atoms with Crippen molar-refractivity contribution in [3.05, 3.63) is 34.9 Å². The molecule has 68 valence electrons. The number of carbonyl (C=O) groups excluding carboxylic acids is 1. The lowest BCUT2D eigenvalue weighted by molar-refractivity contribution is 0.0600. The Morgan fingerprint density at radius 3 is 2.85 bits per heavy atom. The number of carbonyl (C=O) groups is 1. The van der Waals surface area contributed by atoms with Gasteiger partial charge < -0.3 is 4.74 Å². The number of methoxy groups -OCH3 is 1. The van der Waals surface area contributed by atoms with Crippen molar-refractivity contribution in [2.45, 2.75) is 19.3 Å². The number of rotatable bonds is 1. The highest BCUT2D eigenvalue weighted by atomic mass is 16.5. The smallest absolute Gasteiger partial charge is 0.337 e. The molecule has 0 saturated carbocycles. The summed E-state index contributed by atoms with van der Waals surface area (Å²) in [4.78, 5) is 11.2. The van der Waals surface area contributed by atoms with Crippen molar-refractivity contribution in [1.82, 2.24) is 0 Å². The molecule has 0 radical (unpaired) electrons. The normalized spacial score (nSPS) is 13.9. The fourth-order valence-electron chi connectivity index (χ4n) is 1.82. The van der Waals surface area contributed by atoms with Crippen molar-refractivity contribution in [3.8, 4) is 0 Å². The number of ether oxygens (including phenoxy) is 1. The first-order chi connectivity index (χ1) is 6.31. The van der Waals surface area contributed by atoms with Crippen LogP contribution >= 0.6 is 0 Å². The van der Waals surface area contributed by atoms with E-state index in [1.165, 1.54) is 24.7 Å². The minimum Gasteiger partial charge on any atom is -0.465 e. The van der Waals surface area contributed by atoms with Crippen LogP contribution in [0.15, 0.2) is 18.2 Å². The van der Waals surface area contributed by atoms with Gasteiger partial charge in [0.05, 0.1) is 12.7 Å². The van der Waals surface area contributed by atoms with Crippen molar-refractivity contribution < 1.29 is 9.53 Å². The van der Waals surface area contributed by atoms with E-state index in [-0.39, 0.29) is 5.97 Å². The van der Waals surface area contributed by atoms with Crippen molar-refractivity contribution in [3.63, 3.8) is 0 Å².